The Morgan fingerprint density at radius 1 is 1.26 bits per heavy atom. The second-order valence-electron chi connectivity index (χ2n) is 4.94. The molecule has 104 valence electrons. The maximum atomic E-state index is 12.8. The van der Waals surface area contributed by atoms with E-state index in [1.54, 1.807) is 6.07 Å². The summed E-state index contributed by atoms with van der Waals surface area (Å²) in [4.78, 5) is 0. The van der Waals surface area contributed by atoms with Gasteiger partial charge >= 0.3 is 6.18 Å². The molecule has 0 aliphatic rings. The van der Waals surface area contributed by atoms with Gasteiger partial charge in [-0.1, -0.05) is 38.4 Å². The van der Waals surface area contributed by atoms with Crippen LogP contribution in [-0.4, -0.2) is 5.16 Å². The van der Waals surface area contributed by atoms with Gasteiger partial charge in [0.15, 0.2) is 11.3 Å². The number of halogens is 3. The van der Waals surface area contributed by atoms with Gasteiger partial charge in [0.25, 0.3) is 0 Å². The van der Waals surface area contributed by atoms with Crippen LogP contribution in [0.5, 0.6) is 0 Å². The van der Waals surface area contributed by atoms with Crippen LogP contribution in [0.4, 0.5) is 13.2 Å². The highest BCUT2D eigenvalue weighted by Crippen LogP contribution is 2.37. The average Bonchev–Trinajstić information content (AvgIpc) is 2.72. The van der Waals surface area contributed by atoms with Crippen molar-refractivity contribution in [2.75, 3.05) is 0 Å². The van der Waals surface area contributed by atoms with E-state index in [1.165, 1.54) is 6.07 Å². The van der Waals surface area contributed by atoms with Crippen LogP contribution in [0.25, 0.3) is 11.0 Å². The van der Waals surface area contributed by atoms with Crippen molar-refractivity contribution in [3.63, 3.8) is 0 Å². The molecule has 0 atom stereocenters. The summed E-state index contributed by atoms with van der Waals surface area (Å²) in [5.41, 5.74) is 1.22. The van der Waals surface area contributed by atoms with Gasteiger partial charge in [-0.15, -0.1) is 0 Å². The second-order valence-corrected chi connectivity index (χ2v) is 4.94. The first-order valence-electron chi connectivity index (χ1n) is 6.34. The zero-order chi connectivity index (χ0) is 14.2. The van der Waals surface area contributed by atoms with Gasteiger partial charge < -0.3 is 4.52 Å². The summed E-state index contributed by atoms with van der Waals surface area (Å²) in [7, 11) is 0. The van der Waals surface area contributed by atoms with Gasteiger partial charge in [-0.3, -0.25) is 0 Å². The third-order valence-corrected chi connectivity index (χ3v) is 3.17. The number of aromatic nitrogens is 1. The Hall–Kier alpha value is -1.52. The van der Waals surface area contributed by atoms with E-state index in [0.29, 0.717) is 6.42 Å². The molecular weight excluding hydrogens is 255 g/mol. The molecule has 0 radical (unpaired) electrons. The number of fused-ring (bicyclic) bond motifs is 1. The lowest BCUT2D eigenvalue weighted by atomic mass is 9.92. The summed E-state index contributed by atoms with van der Waals surface area (Å²) < 4.78 is 43.4. The number of nitrogens with zero attached hydrogens (tertiary/aromatic N) is 1. The first kappa shape index (κ1) is 13.9. The monoisotopic (exact) mass is 271 g/mol. The highest BCUT2D eigenvalue weighted by atomic mass is 19.4. The Labute approximate surface area is 109 Å². The van der Waals surface area contributed by atoms with Crippen molar-refractivity contribution in [2.45, 2.75) is 45.7 Å². The number of benzene rings is 1. The third kappa shape index (κ3) is 2.46. The van der Waals surface area contributed by atoms with Crippen LogP contribution >= 0.6 is 0 Å². The minimum atomic E-state index is -4.48. The lowest BCUT2D eigenvalue weighted by Gasteiger charge is -2.12. The smallest absolute Gasteiger partial charge is 0.355 e. The summed E-state index contributed by atoms with van der Waals surface area (Å²) in [5.74, 6) is 0.241. The van der Waals surface area contributed by atoms with Crippen molar-refractivity contribution < 1.29 is 17.7 Å². The highest BCUT2D eigenvalue weighted by Gasteiger charge is 2.37. The molecule has 1 aromatic heterocycles. The van der Waals surface area contributed by atoms with Crippen LogP contribution in [0.15, 0.2) is 16.7 Å². The van der Waals surface area contributed by atoms with E-state index in [1.807, 2.05) is 20.8 Å². The Morgan fingerprint density at radius 3 is 2.47 bits per heavy atom. The quantitative estimate of drug-likeness (QED) is 0.791. The fourth-order valence-electron chi connectivity index (χ4n) is 2.33. The lowest BCUT2D eigenvalue weighted by Crippen LogP contribution is -2.05. The van der Waals surface area contributed by atoms with Crippen molar-refractivity contribution in [2.24, 2.45) is 0 Å². The molecule has 0 aliphatic heterocycles. The Bertz CT molecular complexity index is 584. The molecule has 5 heteroatoms. The van der Waals surface area contributed by atoms with Gasteiger partial charge in [0.05, 0.1) is 5.39 Å². The topological polar surface area (TPSA) is 26.0 Å². The number of hydrogen-bond acceptors (Lipinski definition) is 2. The summed E-state index contributed by atoms with van der Waals surface area (Å²) in [6, 6.07) is 3.22. The molecule has 2 aromatic rings. The SMILES string of the molecule is CCCc1c(C(C)C)ccc2c(C(F)(F)F)noc12. The van der Waals surface area contributed by atoms with Crippen LogP contribution in [0.2, 0.25) is 0 Å². The zero-order valence-electron chi connectivity index (χ0n) is 11.1. The molecule has 0 N–H and O–H groups in total. The van der Waals surface area contributed by atoms with Gasteiger partial charge in [0.1, 0.15) is 0 Å². The van der Waals surface area contributed by atoms with Crippen LogP contribution in [0.1, 0.15) is 49.9 Å². The molecule has 0 unspecified atom stereocenters. The normalized spacial score (nSPS) is 12.6. The minimum absolute atomic E-state index is 0.0559. The van der Waals surface area contributed by atoms with Crippen molar-refractivity contribution in [1.82, 2.24) is 5.16 Å². The van der Waals surface area contributed by atoms with E-state index in [4.69, 9.17) is 4.52 Å². The molecule has 0 saturated carbocycles. The van der Waals surface area contributed by atoms with E-state index in [0.717, 1.165) is 17.5 Å². The van der Waals surface area contributed by atoms with E-state index in [9.17, 15) is 13.2 Å². The predicted molar refractivity (Wildman–Crippen MR) is 67.1 cm³/mol. The van der Waals surface area contributed by atoms with Gasteiger partial charge in [-0.2, -0.15) is 13.2 Å². The number of alkyl halides is 3. The van der Waals surface area contributed by atoms with Gasteiger partial charge in [0.2, 0.25) is 0 Å². The van der Waals surface area contributed by atoms with E-state index in [2.05, 4.69) is 5.16 Å². The molecule has 1 aromatic carbocycles. The van der Waals surface area contributed by atoms with E-state index in [-0.39, 0.29) is 16.9 Å². The van der Waals surface area contributed by atoms with Gasteiger partial charge in [0, 0.05) is 5.56 Å². The molecular formula is C14H16F3NO. The van der Waals surface area contributed by atoms with E-state index >= 15 is 0 Å². The third-order valence-electron chi connectivity index (χ3n) is 3.17. The maximum Gasteiger partial charge on any atom is 0.437 e. The molecule has 1 heterocycles. The Balaban J connectivity index is 2.70. The summed E-state index contributed by atoms with van der Waals surface area (Å²) in [6.45, 7) is 6.02. The van der Waals surface area contributed by atoms with Crippen molar-refractivity contribution in [3.05, 3.63) is 29.0 Å². The predicted octanol–water partition coefficient (Wildman–Crippen LogP) is 4.92. The lowest BCUT2D eigenvalue weighted by molar-refractivity contribution is -0.141. The molecule has 0 bridgehead atoms. The number of rotatable bonds is 3. The van der Waals surface area contributed by atoms with Gasteiger partial charge in [-0.05, 0) is 24.0 Å². The largest absolute Gasteiger partial charge is 0.437 e. The van der Waals surface area contributed by atoms with Crippen LogP contribution in [0.3, 0.4) is 0 Å². The molecule has 2 nitrogen and oxygen atoms in total. The van der Waals surface area contributed by atoms with E-state index < -0.39 is 11.9 Å². The minimum Gasteiger partial charge on any atom is -0.355 e. The molecule has 19 heavy (non-hydrogen) atoms. The highest BCUT2D eigenvalue weighted by molar-refractivity contribution is 5.84. The molecule has 0 saturated heterocycles. The van der Waals surface area contributed by atoms with Crippen molar-refractivity contribution >= 4 is 11.0 Å². The van der Waals surface area contributed by atoms with Crippen LogP contribution < -0.4 is 0 Å². The van der Waals surface area contributed by atoms with Crippen LogP contribution in [-0.2, 0) is 12.6 Å². The first-order valence-corrected chi connectivity index (χ1v) is 6.34. The fourth-order valence-corrected chi connectivity index (χ4v) is 2.33. The second kappa shape index (κ2) is 4.87. The summed E-state index contributed by atoms with van der Waals surface area (Å²) >= 11 is 0. The van der Waals surface area contributed by atoms with Gasteiger partial charge in [-0.25, -0.2) is 0 Å². The Kier molecular flexibility index (Phi) is 3.56. The number of aryl methyl sites for hydroxylation is 1. The molecule has 0 fully saturated rings. The van der Waals surface area contributed by atoms with Crippen LogP contribution in [0, 0.1) is 0 Å². The molecule has 0 amide bonds. The standard InChI is InChI=1S/C14H16F3NO/c1-4-5-10-9(8(2)3)6-7-11-12(10)19-18-13(11)14(15,16)17/h6-8H,4-5H2,1-3H3. The first-order chi connectivity index (χ1) is 8.86. The zero-order valence-corrected chi connectivity index (χ0v) is 11.1. The summed E-state index contributed by atoms with van der Waals surface area (Å²) in [6.07, 6.45) is -2.94. The van der Waals surface area contributed by atoms with Crippen molar-refractivity contribution in [3.8, 4) is 0 Å². The molecule has 0 spiro atoms. The Morgan fingerprint density at radius 2 is 1.95 bits per heavy atom. The maximum absolute atomic E-state index is 12.8. The molecule has 0 aliphatic carbocycles. The number of hydrogen-bond donors (Lipinski definition) is 0. The average molecular weight is 271 g/mol. The summed E-state index contributed by atoms with van der Waals surface area (Å²) in [5, 5.41) is 3.27. The van der Waals surface area contributed by atoms with Crippen molar-refractivity contribution in [1.29, 1.82) is 0 Å². The molecule has 2 rings (SSSR count). The fraction of sp³-hybridized carbons (Fsp3) is 0.500.